The molecule has 0 atom stereocenters. The number of benzene rings is 1. The van der Waals surface area contributed by atoms with E-state index in [1.54, 1.807) is 0 Å². The van der Waals surface area contributed by atoms with Gasteiger partial charge in [0.05, 0.1) is 17.4 Å². The second-order valence-corrected chi connectivity index (χ2v) is 8.37. The average molecular weight is 507 g/mol. The Bertz CT molecular complexity index is 1590. The number of fused-ring (bicyclic) bond motifs is 1. The van der Waals surface area contributed by atoms with Crippen LogP contribution in [0.4, 0.5) is 18.3 Å². The van der Waals surface area contributed by atoms with Crippen LogP contribution in [-0.4, -0.2) is 40.4 Å². The Balaban J connectivity index is 1.57. The van der Waals surface area contributed by atoms with Gasteiger partial charge in [0.15, 0.2) is 16.6 Å². The quantitative estimate of drug-likeness (QED) is 0.383. The number of amides is 1. The Morgan fingerprint density at radius 3 is 2.74 bits per heavy atom. The molecule has 0 bridgehead atoms. The van der Waals surface area contributed by atoms with Crippen LogP contribution in [0.5, 0.6) is 0 Å². The smallest absolute Gasteiger partial charge is 0.329 e. The number of thiazole rings is 1. The molecule has 0 unspecified atom stereocenters. The molecule has 0 spiro atoms. The summed E-state index contributed by atoms with van der Waals surface area (Å²) in [6.07, 6.45) is -0.249. The molecule has 5 aromatic rings. The fraction of sp³-hybridized carbons (Fsp3) is 0.0526. The van der Waals surface area contributed by atoms with E-state index in [0.717, 1.165) is 17.5 Å². The van der Waals surface area contributed by atoms with Crippen molar-refractivity contribution in [3.8, 4) is 11.5 Å². The van der Waals surface area contributed by atoms with Gasteiger partial charge in [-0.2, -0.15) is 28.4 Å². The van der Waals surface area contributed by atoms with Crippen LogP contribution in [-0.2, 0) is 6.18 Å². The molecule has 0 aliphatic rings. The van der Waals surface area contributed by atoms with Gasteiger partial charge in [-0.3, -0.25) is 14.9 Å². The molecule has 172 valence electrons. The highest BCUT2D eigenvalue weighted by molar-refractivity contribution is 7.20. The summed E-state index contributed by atoms with van der Waals surface area (Å²) >= 11 is 6.96. The Labute approximate surface area is 195 Å². The molecule has 10 nitrogen and oxygen atoms in total. The van der Waals surface area contributed by atoms with Crippen molar-refractivity contribution in [3.05, 3.63) is 75.3 Å². The van der Waals surface area contributed by atoms with E-state index in [4.69, 9.17) is 11.6 Å². The SMILES string of the molecule is O=C(Nc1nc(-n2cncn2)c(Cl)s1)c1cnn(-c2cccc3c(=O)[nH]ccc23)c1C(F)(F)F. The van der Waals surface area contributed by atoms with Crippen molar-refractivity contribution < 1.29 is 18.0 Å². The van der Waals surface area contributed by atoms with Gasteiger partial charge in [0, 0.05) is 17.0 Å². The zero-order valence-electron chi connectivity index (χ0n) is 16.5. The number of carbonyl (C=O) groups is 1. The van der Waals surface area contributed by atoms with Crippen molar-refractivity contribution in [2.24, 2.45) is 0 Å². The van der Waals surface area contributed by atoms with Crippen LogP contribution in [0.2, 0.25) is 4.34 Å². The number of aromatic amines is 1. The van der Waals surface area contributed by atoms with E-state index in [-0.39, 0.29) is 31.7 Å². The summed E-state index contributed by atoms with van der Waals surface area (Å²) in [7, 11) is 0. The molecular weight excluding hydrogens is 497 g/mol. The number of alkyl halides is 3. The number of hydrogen-bond donors (Lipinski definition) is 2. The van der Waals surface area contributed by atoms with Crippen molar-refractivity contribution in [3.63, 3.8) is 0 Å². The molecule has 2 N–H and O–H groups in total. The molecule has 0 fully saturated rings. The maximum atomic E-state index is 14.1. The summed E-state index contributed by atoms with van der Waals surface area (Å²) < 4.78 is 44.3. The maximum absolute atomic E-state index is 14.1. The highest BCUT2D eigenvalue weighted by Crippen LogP contribution is 2.36. The largest absolute Gasteiger partial charge is 0.434 e. The van der Waals surface area contributed by atoms with Gasteiger partial charge < -0.3 is 4.98 Å². The number of nitrogens with zero attached hydrogens (tertiary/aromatic N) is 6. The predicted octanol–water partition coefficient (Wildman–Crippen LogP) is 3.68. The Hall–Kier alpha value is -4.04. The molecule has 1 amide bonds. The van der Waals surface area contributed by atoms with Crippen LogP contribution in [0.3, 0.4) is 0 Å². The van der Waals surface area contributed by atoms with Crippen molar-refractivity contribution in [2.45, 2.75) is 6.18 Å². The third-order valence-corrected chi connectivity index (χ3v) is 5.88. The minimum absolute atomic E-state index is 0.0132. The number of hydrogen-bond acceptors (Lipinski definition) is 7. The molecule has 0 aliphatic carbocycles. The van der Waals surface area contributed by atoms with Crippen LogP contribution in [0, 0.1) is 0 Å². The molecule has 0 radical (unpaired) electrons. The standard InChI is InChI=1S/C19H10ClF3N8O2S/c20-14-15(30-8-24-7-27-30)28-18(34-14)29-17(33)11-6-26-31(13(11)19(21,22)23)12-3-1-2-10-9(12)4-5-25-16(10)32/h1-8H,(H,25,32)(H,28,29,33). The summed E-state index contributed by atoms with van der Waals surface area (Å²) in [6, 6.07) is 5.73. The molecular formula is C19H10ClF3N8O2S. The molecule has 34 heavy (non-hydrogen) atoms. The highest BCUT2D eigenvalue weighted by atomic mass is 35.5. The van der Waals surface area contributed by atoms with Crippen LogP contribution in [0.25, 0.3) is 22.3 Å². The van der Waals surface area contributed by atoms with Gasteiger partial charge in [0.25, 0.3) is 11.5 Å². The van der Waals surface area contributed by atoms with Crippen molar-refractivity contribution in [1.82, 2.24) is 34.5 Å². The first-order chi connectivity index (χ1) is 16.2. The van der Waals surface area contributed by atoms with E-state index in [9.17, 15) is 22.8 Å². The molecule has 1 aromatic carbocycles. The number of nitrogens with one attached hydrogen (secondary N) is 2. The highest BCUT2D eigenvalue weighted by Gasteiger charge is 2.41. The number of anilines is 1. The van der Waals surface area contributed by atoms with E-state index in [1.807, 2.05) is 0 Å². The number of H-pyrrole nitrogens is 1. The summed E-state index contributed by atoms with van der Waals surface area (Å²) in [5, 5.41) is 10.4. The first-order valence-electron chi connectivity index (χ1n) is 9.32. The van der Waals surface area contributed by atoms with Crippen molar-refractivity contribution in [2.75, 3.05) is 5.32 Å². The lowest BCUT2D eigenvalue weighted by Crippen LogP contribution is -2.21. The normalized spacial score (nSPS) is 11.8. The number of aromatic nitrogens is 7. The summed E-state index contributed by atoms with van der Waals surface area (Å²) in [4.78, 5) is 35.2. The van der Waals surface area contributed by atoms with Crippen molar-refractivity contribution in [1.29, 1.82) is 0 Å². The zero-order chi connectivity index (χ0) is 24.0. The van der Waals surface area contributed by atoms with E-state index >= 15 is 0 Å². The monoisotopic (exact) mass is 506 g/mol. The van der Waals surface area contributed by atoms with Crippen LogP contribution in [0.1, 0.15) is 16.1 Å². The molecule has 0 saturated carbocycles. The lowest BCUT2D eigenvalue weighted by molar-refractivity contribution is -0.143. The average Bonchev–Trinajstić information content (AvgIpc) is 3.53. The predicted molar refractivity (Wildman–Crippen MR) is 117 cm³/mol. The maximum Gasteiger partial charge on any atom is 0.434 e. The lowest BCUT2D eigenvalue weighted by Gasteiger charge is -2.14. The van der Waals surface area contributed by atoms with Gasteiger partial charge in [-0.15, -0.1) is 0 Å². The summed E-state index contributed by atoms with van der Waals surface area (Å²) in [5.41, 5.74) is -2.53. The Morgan fingerprint density at radius 2 is 2.00 bits per heavy atom. The number of rotatable bonds is 4. The van der Waals surface area contributed by atoms with Gasteiger partial charge in [-0.25, -0.2) is 14.3 Å². The first-order valence-corrected chi connectivity index (χ1v) is 10.5. The van der Waals surface area contributed by atoms with Gasteiger partial charge in [-0.05, 0) is 18.2 Å². The second-order valence-electron chi connectivity index (χ2n) is 6.77. The summed E-state index contributed by atoms with van der Waals surface area (Å²) in [5.74, 6) is -0.931. The molecule has 0 aliphatic heterocycles. The minimum Gasteiger partial charge on any atom is -0.329 e. The fourth-order valence-corrected chi connectivity index (χ4v) is 4.35. The molecule has 0 saturated heterocycles. The van der Waals surface area contributed by atoms with Gasteiger partial charge in [0.2, 0.25) is 0 Å². The van der Waals surface area contributed by atoms with Crippen molar-refractivity contribution >= 4 is 44.7 Å². The molecule has 15 heteroatoms. The van der Waals surface area contributed by atoms with E-state index in [1.165, 1.54) is 47.8 Å². The van der Waals surface area contributed by atoms with Crippen LogP contribution in [0.15, 0.2) is 54.1 Å². The van der Waals surface area contributed by atoms with Crippen LogP contribution < -0.4 is 10.9 Å². The third-order valence-electron chi connectivity index (χ3n) is 4.73. The third kappa shape index (κ3) is 3.72. The topological polar surface area (TPSA) is 123 Å². The number of pyridine rings is 1. The van der Waals surface area contributed by atoms with Gasteiger partial charge in [0.1, 0.15) is 17.0 Å². The molecule has 5 rings (SSSR count). The lowest BCUT2D eigenvalue weighted by atomic mass is 10.1. The van der Waals surface area contributed by atoms with E-state index < -0.39 is 28.9 Å². The summed E-state index contributed by atoms with van der Waals surface area (Å²) in [6.45, 7) is 0. The van der Waals surface area contributed by atoms with E-state index in [2.05, 4.69) is 30.5 Å². The molecule has 4 aromatic heterocycles. The Kier molecular flexibility index (Phi) is 5.17. The first kappa shape index (κ1) is 21.8. The number of halogens is 4. The minimum atomic E-state index is -4.95. The Morgan fingerprint density at radius 1 is 1.18 bits per heavy atom. The number of carbonyl (C=O) groups excluding carboxylic acids is 1. The van der Waals surface area contributed by atoms with Gasteiger partial charge in [-0.1, -0.05) is 29.0 Å². The fourth-order valence-electron chi connectivity index (χ4n) is 3.33. The molecule has 4 heterocycles. The van der Waals surface area contributed by atoms with Crippen LogP contribution >= 0.6 is 22.9 Å². The zero-order valence-corrected chi connectivity index (χ0v) is 18.1. The second kappa shape index (κ2) is 8.07. The van der Waals surface area contributed by atoms with Gasteiger partial charge >= 0.3 is 6.18 Å². The van der Waals surface area contributed by atoms with E-state index in [0.29, 0.717) is 4.68 Å².